The van der Waals surface area contributed by atoms with E-state index in [1.54, 1.807) is 12.4 Å². The van der Waals surface area contributed by atoms with Gasteiger partial charge in [0.15, 0.2) is 0 Å². The lowest BCUT2D eigenvalue weighted by Crippen LogP contribution is -2.31. The highest BCUT2D eigenvalue weighted by Crippen LogP contribution is 2.22. The quantitative estimate of drug-likeness (QED) is 0.649. The number of pyridine rings is 1. The summed E-state index contributed by atoms with van der Waals surface area (Å²) < 4.78 is 32.9. The van der Waals surface area contributed by atoms with Gasteiger partial charge in [0.2, 0.25) is 0 Å². The minimum absolute atomic E-state index is 0.123. The fraction of sp³-hybridized carbons (Fsp3) is 0.391. The third-order valence-electron chi connectivity index (χ3n) is 5.18. The number of carbonyl (C=O) groups is 1. The molecule has 1 saturated heterocycles. The molecular formula is C23H26F2N2O2. The standard InChI is InChI=1S/C23H26F2N2O2/c1-3-16(2)5-4-6-17-11-20(14-26-13-17)29-19-9-10-27(15-19)23(28)21-8-7-18(24)12-22(21)25/h4,6-8,11-14,16,19H,3,5,9-10,15H2,1-2H3/b6-4+/t16-,19+/m1/s1. The molecule has 0 saturated carbocycles. The number of ether oxygens (including phenoxy) is 1. The van der Waals surface area contributed by atoms with Crippen LogP contribution in [-0.4, -0.2) is 35.0 Å². The predicted molar refractivity (Wildman–Crippen MR) is 109 cm³/mol. The Hall–Kier alpha value is -2.76. The smallest absolute Gasteiger partial charge is 0.256 e. The second-order valence-electron chi connectivity index (χ2n) is 7.51. The summed E-state index contributed by atoms with van der Waals surface area (Å²) in [7, 11) is 0. The zero-order valence-electron chi connectivity index (χ0n) is 16.8. The number of aromatic nitrogens is 1. The molecule has 2 aromatic rings. The first-order valence-electron chi connectivity index (χ1n) is 9.98. The number of rotatable bonds is 7. The van der Waals surface area contributed by atoms with Gasteiger partial charge in [-0.1, -0.05) is 32.4 Å². The lowest BCUT2D eigenvalue weighted by Gasteiger charge is -2.17. The molecule has 2 heterocycles. The van der Waals surface area contributed by atoms with Gasteiger partial charge in [0, 0.05) is 25.2 Å². The van der Waals surface area contributed by atoms with Crippen LogP contribution in [0, 0.1) is 17.6 Å². The molecule has 0 aliphatic carbocycles. The summed E-state index contributed by atoms with van der Waals surface area (Å²) in [4.78, 5) is 18.3. The molecule has 29 heavy (non-hydrogen) atoms. The Kier molecular flexibility index (Phi) is 6.96. The highest BCUT2D eigenvalue weighted by atomic mass is 19.1. The number of nitrogens with zero attached hydrogens (tertiary/aromatic N) is 2. The lowest BCUT2D eigenvalue weighted by molar-refractivity contribution is 0.0767. The number of likely N-dealkylation sites (tertiary alicyclic amines) is 1. The molecule has 4 nitrogen and oxygen atoms in total. The van der Waals surface area contributed by atoms with Gasteiger partial charge in [0.25, 0.3) is 5.91 Å². The van der Waals surface area contributed by atoms with Crippen molar-refractivity contribution >= 4 is 12.0 Å². The van der Waals surface area contributed by atoms with E-state index in [2.05, 4.69) is 24.9 Å². The van der Waals surface area contributed by atoms with Gasteiger partial charge in [-0.05, 0) is 36.1 Å². The molecule has 154 valence electrons. The minimum atomic E-state index is -0.847. The van der Waals surface area contributed by atoms with E-state index in [0.29, 0.717) is 31.2 Å². The average molecular weight is 400 g/mol. The van der Waals surface area contributed by atoms with Gasteiger partial charge in [-0.15, -0.1) is 0 Å². The Balaban J connectivity index is 1.58. The fourth-order valence-corrected chi connectivity index (χ4v) is 3.23. The number of benzene rings is 1. The summed E-state index contributed by atoms with van der Waals surface area (Å²) >= 11 is 0. The van der Waals surface area contributed by atoms with Crippen LogP contribution in [0.25, 0.3) is 6.08 Å². The molecule has 0 bridgehead atoms. The third-order valence-corrected chi connectivity index (χ3v) is 5.18. The Labute approximate surface area is 170 Å². The van der Waals surface area contributed by atoms with Crippen molar-refractivity contribution in [2.45, 2.75) is 39.2 Å². The third kappa shape index (κ3) is 5.62. The number of carbonyl (C=O) groups excluding carboxylic acids is 1. The van der Waals surface area contributed by atoms with Crippen molar-refractivity contribution in [3.8, 4) is 5.75 Å². The van der Waals surface area contributed by atoms with Crippen molar-refractivity contribution in [3.63, 3.8) is 0 Å². The molecule has 0 N–H and O–H groups in total. The first kappa shape index (κ1) is 21.0. The van der Waals surface area contributed by atoms with Crippen molar-refractivity contribution < 1.29 is 18.3 Å². The molecular weight excluding hydrogens is 374 g/mol. The van der Waals surface area contributed by atoms with Crippen LogP contribution in [0.3, 0.4) is 0 Å². The van der Waals surface area contributed by atoms with Gasteiger partial charge in [-0.25, -0.2) is 8.78 Å². The van der Waals surface area contributed by atoms with E-state index >= 15 is 0 Å². The summed E-state index contributed by atoms with van der Waals surface area (Å²) in [5, 5.41) is 0. The Morgan fingerprint density at radius 1 is 1.34 bits per heavy atom. The van der Waals surface area contributed by atoms with Gasteiger partial charge < -0.3 is 9.64 Å². The second-order valence-corrected chi connectivity index (χ2v) is 7.51. The molecule has 1 aliphatic rings. The molecule has 0 radical (unpaired) electrons. The molecule has 6 heteroatoms. The van der Waals surface area contributed by atoms with E-state index in [4.69, 9.17) is 4.74 Å². The van der Waals surface area contributed by atoms with E-state index < -0.39 is 17.5 Å². The first-order valence-corrected chi connectivity index (χ1v) is 9.98. The van der Waals surface area contributed by atoms with Crippen LogP contribution in [0.5, 0.6) is 5.75 Å². The van der Waals surface area contributed by atoms with Crippen LogP contribution < -0.4 is 4.74 Å². The van der Waals surface area contributed by atoms with Crippen molar-refractivity contribution in [3.05, 3.63) is 65.5 Å². The second kappa shape index (κ2) is 9.63. The Bertz CT molecular complexity index is 885. The monoisotopic (exact) mass is 400 g/mol. The van der Waals surface area contributed by atoms with Crippen LogP contribution in [0.4, 0.5) is 8.78 Å². The molecule has 1 aliphatic heterocycles. The summed E-state index contributed by atoms with van der Waals surface area (Å²) in [5.41, 5.74) is 0.840. The highest BCUT2D eigenvalue weighted by Gasteiger charge is 2.29. The van der Waals surface area contributed by atoms with Crippen LogP contribution in [0.15, 0.2) is 42.7 Å². The van der Waals surface area contributed by atoms with Gasteiger partial charge in [0.05, 0.1) is 18.3 Å². The van der Waals surface area contributed by atoms with Crippen molar-refractivity contribution in [1.82, 2.24) is 9.88 Å². The number of hydrogen-bond acceptors (Lipinski definition) is 3. The number of allylic oxidation sites excluding steroid dienone is 1. The van der Waals surface area contributed by atoms with E-state index in [1.165, 1.54) is 11.0 Å². The van der Waals surface area contributed by atoms with Gasteiger partial charge >= 0.3 is 0 Å². The summed E-state index contributed by atoms with van der Waals surface area (Å²) in [6, 6.07) is 4.92. The van der Waals surface area contributed by atoms with Gasteiger partial charge in [0.1, 0.15) is 23.5 Å². The van der Waals surface area contributed by atoms with Crippen molar-refractivity contribution in [2.75, 3.05) is 13.1 Å². The normalized spacial score (nSPS) is 17.7. The maximum atomic E-state index is 13.9. The number of hydrogen-bond donors (Lipinski definition) is 0. The number of amides is 1. The van der Waals surface area contributed by atoms with Gasteiger partial charge in [-0.3, -0.25) is 9.78 Å². The van der Waals surface area contributed by atoms with E-state index in [0.717, 1.165) is 30.5 Å². The van der Waals surface area contributed by atoms with Crippen LogP contribution in [0.2, 0.25) is 0 Å². The molecule has 3 rings (SSSR count). The van der Waals surface area contributed by atoms with Gasteiger partial charge in [-0.2, -0.15) is 0 Å². The van der Waals surface area contributed by atoms with E-state index in [-0.39, 0.29) is 11.7 Å². The maximum absolute atomic E-state index is 13.9. The SMILES string of the molecule is CC[C@@H](C)C/C=C/c1cncc(O[C@H]2CCN(C(=O)c3ccc(F)cc3F)C2)c1. The zero-order valence-corrected chi connectivity index (χ0v) is 16.8. The van der Waals surface area contributed by atoms with Crippen molar-refractivity contribution in [2.24, 2.45) is 5.92 Å². The summed E-state index contributed by atoms with van der Waals surface area (Å²) in [5.74, 6) is -0.712. The topological polar surface area (TPSA) is 42.4 Å². The molecule has 1 aromatic carbocycles. The average Bonchev–Trinajstić information content (AvgIpc) is 3.16. The highest BCUT2D eigenvalue weighted by molar-refractivity contribution is 5.94. The fourth-order valence-electron chi connectivity index (χ4n) is 3.23. The molecule has 0 spiro atoms. The molecule has 1 fully saturated rings. The number of halogens is 2. The Morgan fingerprint density at radius 3 is 2.93 bits per heavy atom. The molecule has 0 unspecified atom stereocenters. The van der Waals surface area contributed by atoms with Crippen LogP contribution in [0.1, 0.15) is 49.0 Å². The largest absolute Gasteiger partial charge is 0.487 e. The summed E-state index contributed by atoms with van der Waals surface area (Å²) in [6.45, 7) is 5.20. The lowest BCUT2D eigenvalue weighted by atomic mass is 10.0. The van der Waals surface area contributed by atoms with E-state index in [9.17, 15) is 13.6 Å². The van der Waals surface area contributed by atoms with Crippen LogP contribution >= 0.6 is 0 Å². The van der Waals surface area contributed by atoms with Crippen LogP contribution in [-0.2, 0) is 0 Å². The first-order chi connectivity index (χ1) is 14.0. The van der Waals surface area contributed by atoms with E-state index in [1.807, 2.05) is 12.1 Å². The maximum Gasteiger partial charge on any atom is 0.256 e. The predicted octanol–water partition coefficient (Wildman–Crippen LogP) is 5.10. The minimum Gasteiger partial charge on any atom is -0.487 e. The zero-order chi connectivity index (χ0) is 20.8. The molecule has 1 amide bonds. The van der Waals surface area contributed by atoms with Crippen molar-refractivity contribution in [1.29, 1.82) is 0 Å². The molecule has 1 aromatic heterocycles. The molecule has 2 atom stereocenters. The Morgan fingerprint density at radius 2 is 2.17 bits per heavy atom. The summed E-state index contributed by atoms with van der Waals surface area (Å²) in [6.07, 6.45) is 10.2.